The number of hydrogen-bond acceptors (Lipinski definition) is 0. The number of hydrogen-bond donors (Lipinski definition) is 0. The van der Waals surface area contributed by atoms with Gasteiger partial charge in [0.2, 0.25) is 0 Å². The lowest BCUT2D eigenvalue weighted by Gasteiger charge is -2.09. The second-order valence-electron chi connectivity index (χ2n) is 4.15. The molecular formula is C15H20. The highest BCUT2D eigenvalue weighted by Gasteiger charge is 2.02. The Labute approximate surface area is 93.3 Å². The van der Waals surface area contributed by atoms with Crippen LogP contribution in [0.25, 0.3) is 5.57 Å². The minimum absolute atomic E-state index is 1.09. The molecule has 1 rings (SSSR count). The van der Waals surface area contributed by atoms with E-state index in [2.05, 4.69) is 58.5 Å². The first-order valence-electron chi connectivity index (χ1n) is 5.49. The van der Waals surface area contributed by atoms with E-state index < -0.39 is 0 Å². The summed E-state index contributed by atoms with van der Waals surface area (Å²) in [5, 5.41) is 0. The van der Waals surface area contributed by atoms with Crippen LogP contribution in [0, 0.1) is 0 Å². The summed E-state index contributed by atoms with van der Waals surface area (Å²) >= 11 is 0. The van der Waals surface area contributed by atoms with Crippen LogP contribution in [0.5, 0.6) is 0 Å². The van der Waals surface area contributed by atoms with Crippen molar-refractivity contribution in [2.24, 2.45) is 0 Å². The second-order valence-corrected chi connectivity index (χ2v) is 4.15. The molecule has 0 heterocycles. The quantitative estimate of drug-likeness (QED) is 0.625. The van der Waals surface area contributed by atoms with Gasteiger partial charge < -0.3 is 0 Å². The Bertz CT molecular complexity index is 373. The van der Waals surface area contributed by atoms with Crippen molar-refractivity contribution in [1.82, 2.24) is 0 Å². The summed E-state index contributed by atoms with van der Waals surface area (Å²) in [6.07, 6.45) is 1.09. The molecule has 0 bridgehead atoms. The van der Waals surface area contributed by atoms with Gasteiger partial charge in [0.25, 0.3) is 0 Å². The van der Waals surface area contributed by atoms with Crippen LogP contribution in [0.15, 0.2) is 42.0 Å². The molecule has 0 radical (unpaired) electrons. The molecule has 0 amide bonds. The molecule has 0 fully saturated rings. The first-order chi connectivity index (χ1) is 7.06. The van der Waals surface area contributed by atoms with Gasteiger partial charge in [0.05, 0.1) is 0 Å². The van der Waals surface area contributed by atoms with Gasteiger partial charge in [-0.3, -0.25) is 0 Å². The zero-order valence-electron chi connectivity index (χ0n) is 10.2. The van der Waals surface area contributed by atoms with Crippen LogP contribution in [-0.4, -0.2) is 0 Å². The van der Waals surface area contributed by atoms with E-state index in [0.29, 0.717) is 0 Å². The lowest BCUT2D eigenvalue weighted by molar-refractivity contribution is 1.14. The van der Waals surface area contributed by atoms with Gasteiger partial charge in [0, 0.05) is 0 Å². The van der Waals surface area contributed by atoms with Crippen LogP contribution in [-0.2, 0) is 6.42 Å². The predicted molar refractivity (Wildman–Crippen MR) is 68.9 cm³/mol. The monoisotopic (exact) mass is 200 g/mol. The average molecular weight is 200 g/mol. The molecule has 0 saturated heterocycles. The highest BCUT2D eigenvalue weighted by molar-refractivity contribution is 5.77. The standard InChI is InChI=1S/C15H20/c1-6-14-7-9-15(10-8-14)13(5)12(4)11(2)3/h7-10H,5-6H2,1-4H3. The SMILES string of the molecule is C=C(C(C)=C(C)C)c1ccc(CC)cc1. The van der Waals surface area contributed by atoms with E-state index in [0.717, 1.165) is 12.0 Å². The molecule has 0 unspecified atom stereocenters. The Morgan fingerprint density at radius 1 is 1.07 bits per heavy atom. The fourth-order valence-corrected chi connectivity index (χ4v) is 1.46. The second kappa shape index (κ2) is 4.97. The van der Waals surface area contributed by atoms with Crippen LogP contribution in [0.4, 0.5) is 0 Å². The lowest BCUT2D eigenvalue weighted by atomic mass is 9.96. The molecule has 0 spiro atoms. The summed E-state index contributed by atoms with van der Waals surface area (Å²) in [7, 11) is 0. The Kier molecular flexibility index (Phi) is 3.90. The largest absolute Gasteiger partial charge is 0.0909 e. The Morgan fingerprint density at radius 2 is 1.60 bits per heavy atom. The van der Waals surface area contributed by atoms with Crippen molar-refractivity contribution < 1.29 is 0 Å². The number of aryl methyl sites for hydroxylation is 1. The van der Waals surface area contributed by atoms with Crippen molar-refractivity contribution in [2.75, 3.05) is 0 Å². The van der Waals surface area contributed by atoms with Gasteiger partial charge in [-0.2, -0.15) is 0 Å². The fourth-order valence-electron chi connectivity index (χ4n) is 1.46. The molecule has 0 saturated carbocycles. The summed E-state index contributed by atoms with van der Waals surface area (Å²) in [5.41, 5.74) is 6.36. The Morgan fingerprint density at radius 3 is 2.00 bits per heavy atom. The minimum atomic E-state index is 1.09. The molecule has 0 aromatic heterocycles. The molecule has 0 aliphatic heterocycles. The molecule has 0 atom stereocenters. The summed E-state index contributed by atoms with van der Waals surface area (Å²) in [6.45, 7) is 12.7. The van der Waals surface area contributed by atoms with Crippen molar-refractivity contribution in [2.45, 2.75) is 34.1 Å². The number of allylic oxidation sites excluding steroid dienone is 3. The van der Waals surface area contributed by atoms with Gasteiger partial charge in [-0.1, -0.05) is 43.3 Å². The molecule has 1 aromatic rings. The molecule has 0 N–H and O–H groups in total. The maximum Gasteiger partial charge on any atom is -0.0187 e. The molecule has 0 aliphatic rings. The third-order valence-electron chi connectivity index (χ3n) is 2.91. The summed E-state index contributed by atoms with van der Waals surface area (Å²) in [4.78, 5) is 0. The maximum atomic E-state index is 4.14. The zero-order chi connectivity index (χ0) is 11.4. The normalized spacial score (nSPS) is 9.87. The van der Waals surface area contributed by atoms with Gasteiger partial charge in [-0.25, -0.2) is 0 Å². The fraction of sp³-hybridized carbons (Fsp3) is 0.333. The highest BCUT2D eigenvalue weighted by atomic mass is 14.1. The van der Waals surface area contributed by atoms with Crippen LogP contribution in [0.2, 0.25) is 0 Å². The van der Waals surface area contributed by atoms with Crippen LogP contribution in [0.3, 0.4) is 0 Å². The van der Waals surface area contributed by atoms with Gasteiger partial charge in [-0.05, 0) is 49.5 Å². The van der Waals surface area contributed by atoms with E-state index in [1.54, 1.807) is 0 Å². The Balaban J connectivity index is 2.98. The summed E-state index contributed by atoms with van der Waals surface area (Å²) < 4.78 is 0. The molecule has 15 heavy (non-hydrogen) atoms. The smallest absolute Gasteiger partial charge is 0.0187 e. The minimum Gasteiger partial charge on any atom is -0.0909 e. The van der Waals surface area contributed by atoms with Gasteiger partial charge in [0.15, 0.2) is 0 Å². The summed E-state index contributed by atoms with van der Waals surface area (Å²) in [5.74, 6) is 0. The third-order valence-corrected chi connectivity index (χ3v) is 2.91. The van der Waals surface area contributed by atoms with Crippen molar-refractivity contribution in [3.8, 4) is 0 Å². The summed E-state index contributed by atoms with van der Waals surface area (Å²) in [6, 6.07) is 8.68. The topological polar surface area (TPSA) is 0 Å². The third kappa shape index (κ3) is 2.82. The first-order valence-corrected chi connectivity index (χ1v) is 5.49. The molecule has 0 heteroatoms. The molecule has 0 nitrogen and oxygen atoms in total. The van der Waals surface area contributed by atoms with Crippen molar-refractivity contribution in [1.29, 1.82) is 0 Å². The van der Waals surface area contributed by atoms with Gasteiger partial charge in [-0.15, -0.1) is 0 Å². The molecule has 0 aliphatic carbocycles. The predicted octanol–water partition coefficient (Wildman–Crippen LogP) is 4.62. The van der Waals surface area contributed by atoms with Crippen molar-refractivity contribution in [3.63, 3.8) is 0 Å². The van der Waals surface area contributed by atoms with Crippen molar-refractivity contribution >= 4 is 5.57 Å². The van der Waals surface area contributed by atoms with Gasteiger partial charge in [0.1, 0.15) is 0 Å². The van der Waals surface area contributed by atoms with E-state index in [1.165, 1.54) is 22.3 Å². The molecule has 80 valence electrons. The van der Waals surface area contributed by atoms with E-state index in [-0.39, 0.29) is 0 Å². The van der Waals surface area contributed by atoms with E-state index >= 15 is 0 Å². The number of rotatable bonds is 3. The van der Waals surface area contributed by atoms with E-state index in [9.17, 15) is 0 Å². The zero-order valence-corrected chi connectivity index (χ0v) is 10.2. The maximum absolute atomic E-state index is 4.14. The van der Waals surface area contributed by atoms with Crippen LogP contribution < -0.4 is 0 Å². The average Bonchev–Trinajstić information content (AvgIpc) is 2.27. The van der Waals surface area contributed by atoms with Crippen LogP contribution in [0.1, 0.15) is 38.8 Å². The van der Waals surface area contributed by atoms with E-state index in [4.69, 9.17) is 0 Å². The van der Waals surface area contributed by atoms with Crippen molar-refractivity contribution in [3.05, 3.63) is 53.1 Å². The molecule has 1 aromatic carbocycles. The lowest BCUT2D eigenvalue weighted by Crippen LogP contribution is -1.88. The molecular weight excluding hydrogens is 180 g/mol. The Hall–Kier alpha value is -1.30. The first kappa shape index (κ1) is 11.8. The van der Waals surface area contributed by atoms with E-state index in [1.807, 2.05) is 0 Å². The number of benzene rings is 1. The van der Waals surface area contributed by atoms with Crippen LogP contribution >= 0.6 is 0 Å². The highest BCUT2D eigenvalue weighted by Crippen LogP contribution is 2.23. The van der Waals surface area contributed by atoms with Gasteiger partial charge >= 0.3 is 0 Å².